The molecule has 2 N–H and O–H groups in total. The number of hydrogen-bond donors (Lipinski definition) is 2. The third-order valence-electron chi connectivity index (χ3n) is 1.89. The molecule has 1 fully saturated rings. The first-order chi connectivity index (χ1) is 4.96. The highest BCUT2D eigenvalue weighted by Gasteiger charge is 2.50. The average molecular weight is 230 g/mol. The minimum atomic E-state index is -3.19. The van der Waals surface area contributed by atoms with Crippen LogP contribution in [0.25, 0.3) is 0 Å². The van der Waals surface area contributed by atoms with E-state index in [2.05, 4.69) is 21.2 Å². The van der Waals surface area contributed by atoms with Gasteiger partial charge in [-0.15, -0.1) is 0 Å². The standard InChI is InChI=1S/C6H10BrF2NO/c7-6(8,9)5(11)2-1-3-10-4-5/h10-11H,1-4H2. The minimum absolute atomic E-state index is 0.0503. The Bertz CT molecular complexity index is 142. The topological polar surface area (TPSA) is 32.3 Å². The molecule has 0 bridgehead atoms. The van der Waals surface area contributed by atoms with Crippen LogP contribution in [0.1, 0.15) is 12.8 Å². The highest BCUT2D eigenvalue weighted by atomic mass is 79.9. The van der Waals surface area contributed by atoms with E-state index in [4.69, 9.17) is 0 Å². The number of halogens is 3. The molecule has 66 valence electrons. The van der Waals surface area contributed by atoms with Crippen molar-refractivity contribution >= 4 is 15.9 Å². The molecule has 1 rings (SSSR count). The van der Waals surface area contributed by atoms with E-state index in [0.29, 0.717) is 13.0 Å². The fraction of sp³-hybridized carbons (Fsp3) is 1.00. The van der Waals surface area contributed by atoms with Crippen molar-refractivity contribution in [2.75, 3.05) is 13.1 Å². The zero-order chi connectivity index (χ0) is 8.54. The molecule has 0 saturated carbocycles. The number of β-amino-alcohol motifs (C(OH)–C–C–N with tert-alkyl or cyclic N) is 1. The van der Waals surface area contributed by atoms with Gasteiger partial charge in [0.25, 0.3) is 0 Å². The number of hydrogen-bond acceptors (Lipinski definition) is 2. The van der Waals surface area contributed by atoms with Gasteiger partial charge in [0.2, 0.25) is 0 Å². The number of piperidine rings is 1. The summed E-state index contributed by atoms with van der Waals surface area (Å²) in [5.74, 6) is 0. The lowest BCUT2D eigenvalue weighted by Gasteiger charge is -2.35. The van der Waals surface area contributed by atoms with Crippen molar-refractivity contribution < 1.29 is 13.9 Å². The molecule has 1 aliphatic rings. The van der Waals surface area contributed by atoms with E-state index in [9.17, 15) is 13.9 Å². The Labute approximate surface area is 72.1 Å². The van der Waals surface area contributed by atoms with E-state index in [1.807, 2.05) is 0 Å². The van der Waals surface area contributed by atoms with E-state index in [1.165, 1.54) is 0 Å². The molecule has 0 aromatic carbocycles. The molecule has 0 radical (unpaired) electrons. The van der Waals surface area contributed by atoms with E-state index in [1.54, 1.807) is 0 Å². The van der Waals surface area contributed by atoms with Crippen LogP contribution in [0.5, 0.6) is 0 Å². The lowest BCUT2D eigenvalue weighted by atomic mass is 9.95. The fourth-order valence-electron chi connectivity index (χ4n) is 1.13. The molecule has 1 atom stereocenters. The molecule has 1 aliphatic heterocycles. The summed E-state index contributed by atoms with van der Waals surface area (Å²) in [6.45, 7) is 0.649. The summed E-state index contributed by atoms with van der Waals surface area (Å²) in [5.41, 5.74) is -1.91. The fourth-order valence-corrected chi connectivity index (χ4v) is 1.47. The maximum atomic E-state index is 12.6. The highest BCUT2D eigenvalue weighted by molar-refractivity contribution is 9.10. The van der Waals surface area contributed by atoms with E-state index in [-0.39, 0.29) is 13.0 Å². The molecule has 0 aromatic heterocycles. The molecule has 11 heavy (non-hydrogen) atoms. The Morgan fingerprint density at radius 2 is 2.18 bits per heavy atom. The maximum absolute atomic E-state index is 12.6. The minimum Gasteiger partial charge on any atom is -0.381 e. The first-order valence-corrected chi connectivity index (χ1v) is 4.25. The van der Waals surface area contributed by atoms with Gasteiger partial charge in [-0.05, 0) is 35.3 Å². The van der Waals surface area contributed by atoms with Gasteiger partial charge in [-0.25, -0.2) is 0 Å². The second kappa shape index (κ2) is 2.95. The van der Waals surface area contributed by atoms with Gasteiger partial charge >= 0.3 is 4.83 Å². The van der Waals surface area contributed by atoms with Gasteiger partial charge in [0, 0.05) is 6.54 Å². The molecular weight excluding hydrogens is 220 g/mol. The molecule has 2 nitrogen and oxygen atoms in total. The summed E-state index contributed by atoms with van der Waals surface area (Å²) >= 11 is 2.17. The van der Waals surface area contributed by atoms with Crippen molar-refractivity contribution in [2.24, 2.45) is 0 Å². The van der Waals surface area contributed by atoms with Crippen LogP contribution in [0.2, 0.25) is 0 Å². The van der Waals surface area contributed by atoms with Crippen molar-refractivity contribution in [1.82, 2.24) is 5.32 Å². The first-order valence-electron chi connectivity index (χ1n) is 3.45. The predicted octanol–water partition coefficient (Wildman–Crippen LogP) is 1.09. The smallest absolute Gasteiger partial charge is 0.330 e. The maximum Gasteiger partial charge on any atom is 0.330 e. The van der Waals surface area contributed by atoms with Crippen molar-refractivity contribution in [3.63, 3.8) is 0 Å². The van der Waals surface area contributed by atoms with Crippen LogP contribution in [-0.2, 0) is 0 Å². The van der Waals surface area contributed by atoms with Gasteiger partial charge in [0.15, 0.2) is 5.60 Å². The third-order valence-corrected chi connectivity index (χ3v) is 2.63. The molecule has 1 heterocycles. The van der Waals surface area contributed by atoms with Crippen LogP contribution < -0.4 is 5.32 Å². The van der Waals surface area contributed by atoms with Gasteiger partial charge in [0.05, 0.1) is 0 Å². The van der Waals surface area contributed by atoms with Crippen molar-refractivity contribution in [1.29, 1.82) is 0 Å². The van der Waals surface area contributed by atoms with Crippen molar-refractivity contribution in [3.05, 3.63) is 0 Å². The van der Waals surface area contributed by atoms with Gasteiger partial charge < -0.3 is 10.4 Å². The van der Waals surface area contributed by atoms with Crippen LogP contribution in [0.4, 0.5) is 8.78 Å². The van der Waals surface area contributed by atoms with Gasteiger partial charge in [-0.3, -0.25) is 0 Å². The van der Waals surface area contributed by atoms with Crippen molar-refractivity contribution in [3.8, 4) is 0 Å². The average Bonchev–Trinajstić information content (AvgIpc) is 1.87. The predicted molar refractivity (Wildman–Crippen MR) is 40.9 cm³/mol. The Balaban J connectivity index is 2.64. The summed E-state index contributed by atoms with van der Waals surface area (Å²) in [7, 11) is 0. The molecular formula is C6H10BrF2NO. The normalized spacial score (nSPS) is 33.8. The Morgan fingerprint density at radius 1 is 1.55 bits per heavy atom. The molecule has 0 amide bonds. The number of nitrogens with one attached hydrogen (secondary N) is 1. The third kappa shape index (κ3) is 1.89. The molecule has 5 heteroatoms. The Hall–Kier alpha value is 0.260. The Kier molecular flexibility index (Phi) is 2.51. The summed E-state index contributed by atoms with van der Waals surface area (Å²) in [4.78, 5) is -3.19. The molecule has 0 aliphatic carbocycles. The lowest BCUT2D eigenvalue weighted by molar-refractivity contribution is -0.125. The zero-order valence-electron chi connectivity index (χ0n) is 5.91. The van der Waals surface area contributed by atoms with Crippen LogP contribution in [-0.4, -0.2) is 28.6 Å². The summed E-state index contributed by atoms with van der Waals surface area (Å²) in [5, 5.41) is 12.1. The van der Waals surface area contributed by atoms with Crippen LogP contribution >= 0.6 is 15.9 Å². The molecule has 1 saturated heterocycles. The second-order valence-corrected chi connectivity index (χ2v) is 3.81. The molecule has 0 spiro atoms. The van der Waals surface area contributed by atoms with E-state index in [0.717, 1.165) is 0 Å². The SMILES string of the molecule is OC1(C(F)(F)Br)CCCNC1. The summed E-state index contributed by atoms with van der Waals surface area (Å²) in [6, 6.07) is 0. The van der Waals surface area contributed by atoms with E-state index < -0.39 is 10.4 Å². The van der Waals surface area contributed by atoms with Crippen LogP contribution in [0.15, 0.2) is 0 Å². The Morgan fingerprint density at radius 3 is 2.45 bits per heavy atom. The van der Waals surface area contributed by atoms with Gasteiger partial charge in [0.1, 0.15) is 0 Å². The lowest BCUT2D eigenvalue weighted by Crippen LogP contribution is -2.54. The quantitative estimate of drug-likeness (QED) is 0.661. The van der Waals surface area contributed by atoms with Crippen LogP contribution in [0.3, 0.4) is 0 Å². The second-order valence-electron chi connectivity index (χ2n) is 2.81. The van der Waals surface area contributed by atoms with Gasteiger partial charge in [-0.2, -0.15) is 8.78 Å². The number of aliphatic hydroxyl groups is 1. The molecule has 0 aromatic rings. The number of alkyl halides is 3. The monoisotopic (exact) mass is 229 g/mol. The zero-order valence-corrected chi connectivity index (χ0v) is 7.50. The number of rotatable bonds is 1. The largest absolute Gasteiger partial charge is 0.381 e. The molecule has 1 unspecified atom stereocenters. The van der Waals surface area contributed by atoms with E-state index >= 15 is 0 Å². The summed E-state index contributed by atoms with van der Waals surface area (Å²) < 4.78 is 25.2. The summed E-state index contributed by atoms with van der Waals surface area (Å²) in [6.07, 6.45) is 0.718. The van der Waals surface area contributed by atoms with Crippen molar-refractivity contribution in [2.45, 2.75) is 23.3 Å². The van der Waals surface area contributed by atoms with Crippen LogP contribution in [0, 0.1) is 0 Å². The highest BCUT2D eigenvalue weighted by Crippen LogP contribution is 2.38. The first kappa shape index (κ1) is 9.35. The van der Waals surface area contributed by atoms with Gasteiger partial charge in [-0.1, -0.05) is 0 Å².